The number of nitrogens with two attached hydrogens (primary N) is 1. The van der Waals surface area contributed by atoms with E-state index in [9.17, 15) is 13.2 Å². The van der Waals surface area contributed by atoms with Gasteiger partial charge >= 0.3 is 5.97 Å². The molecule has 130 valence electrons. The van der Waals surface area contributed by atoms with Gasteiger partial charge in [0.15, 0.2) is 0 Å². The van der Waals surface area contributed by atoms with E-state index in [1.165, 1.54) is 0 Å². The molecule has 0 fully saturated rings. The lowest BCUT2D eigenvalue weighted by molar-refractivity contribution is -0.137. The summed E-state index contributed by atoms with van der Waals surface area (Å²) in [6.07, 6.45) is 1.56. The second kappa shape index (κ2) is 9.78. The Labute approximate surface area is 133 Å². The van der Waals surface area contributed by atoms with E-state index in [0.717, 1.165) is 17.1 Å². The zero-order valence-corrected chi connectivity index (χ0v) is 14.8. The molecule has 0 radical (unpaired) electrons. The van der Waals surface area contributed by atoms with Gasteiger partial charge in [0.1, 0.15) is 6.54 Å². The van der Waals surface area contributed by atoms with Crippen LogP contribution in [0.2, 0.25) is 0 Å². The van der Waals surface area contributed by atoms with Gasteiger partial charge < -0.3 is 10.8 Å². The average molecular weight is 335 g/mol. The molecule has 7 nitrogen and oxygen atoms in total. The van der Waals surface area contributed by atoms with Crippen molar-refractivity contribution in [1.82, 2.24) is 4.31 Å². The molecule has 0 saturated heterocycles. The van der Waals surface area contributed by atoms with Gasteiger partial charge in [0, 0.05) is 13.1 Å². The molecule has 0 aliphatic carbocycles. The van der Waals surface area contributed by atoms with Crippen molar-refractivity contribution in [3.8, 4) is 0 Å². The first-order valence-electron chi connectivity index (χ1n) is 7.50. The first-order valence-corrected chi connectivity index (χ1v) is 9.11. The topological polar surface area (TPSA) is 113 Å². The van der Waals surface area contributed by atoms with E-state index in [-0.39, 0.29) is 24.1 Å². The van der Waals surface area contributed by atoms with Crippen LogP contribution >= 0.6 is 0 Å². The lowest BCUT2D eigenvalue weighted by Gasteiger charge is -2.24. The molecule has 0 amide bonds. The smallest absolute Gasteiger partial charge is 0.318 e. The Bertz CT molecular complexity index is 470. The van der Waals surface area contributed by atoms with Crippen LogP contribution in [0.3, 0.4) is 0 Å². The molecule has 0 aliphatic rings. The zero-order valence-electron chi connectivity index (χ0n) is 13.9. The van der Waals surface area contributed by atoms with E-state index in [0.29, 0.717) is 12.4 Å². The molecule has 0 spiro atoms. The molecule has 0 aromatic heterocycles. The number of carboxylic acid groups (broad SMARTS) is 1. The number of amidine groups is 1. The molecular formula is C14H29N3O4S. The predicted molar refractivity (Wildman–Crippen MR) is 88.4 cm³/mol. The van der Waals surface area contributed by atoms with E-state index in [1.807, 2.05) is 6.92 Å². The van der Waals surface area contributed by atoms with Crippen molar-refractivity contribution in [3.05, 3.63) is 0 Å². The van der Waals surface area contributed by atoms with Crippen LogP contribution in [0.1, 0.15) is 40.5 Å². The second-order valence-corrected chi connectivity index (χ2v) is 8.14. The molecule has 0 aromatic carbocycles. The molecule has 0 bridgehead atoms. The zero-order chi connectivity index (χ0) is 17.3. The van der Waals surface area contributed by atoms with Gasteiger partial charge in [-0.2, -0.15) is 4.31 Å². The van der Waals surface area contributed by atoms with Gasteiger partial charge in [0.2, 0.25) is 10.0 Å². The van der Waals surface area contributed by atoms with Gasteiger partial charge in [0.25, 0.3) is 0 Å². The van der Waals surface area contributed by atoms with Crippen LogP contribution in [0, 0.1) is 11.8 Å². The van der Waals surface area contributed by atoms with E-state index >= 15 is 0 Å². The summed E-state index contributed by atoms with van der Waals surface area (Å²) in [7, 11) is -3.55. The van der Waals surface area contributed by atoms with Crippen LogP contribution in [-0.2, 0) is 14.8 Å². The number of nitrogens with zero attached hydrogens (tertiary/aromatic N) is 2. The van der Waals surface area contributed by atoms with Crippen molar-refractivity contribution < 1.29 is 18.3 Å². The normalized spacial score (nSPS) is 14.5. The standard InChI is InChI=1S/C14H29N3O4S/c1-11(2)10-22(20,21)17(9-14(18)19)8-12(3)6-5-7-16-13(4)15/h11-12H,5-10H2,1-4H3,(H2,15,16)(H,18,19)/t12-/m0/s1. The SMILES string of the molecule is CC(N)=NCCC[C@H](C)CN(CC(=O)O)S(=O)(=O)CC(C)C. The Balaban J connectivity index is 4.65. The monoisotopic (exact) mass is 335 g/mol. The Morgan fingerprint density at radius 2 is 1.91 bits per heavy atom. The number of sulfonamides is 1. The quantitative estimate of drug-likeness (QED) is 0.334. The predicted octanol–water partition coefficient (Wildman–Crippen LogP) is 1.15. The lowest BCUT2D eigenvalue weighted by Crippen LogP contribution is -2.40. The second-order valence-electron chi connectivity index (χ2n) is 6.13. The minimum absolute atomic E-state index is 0.0380. The number of aliphatic imine (C=N–C) groups is 1. The molecule has 1 atom stereocenters. The average Bonchev–Trinajstić information content (AvgIpc) is 2.31. The highest BCUT2D eigenvalue weighted by atomic mass is 32.2. The molecule has 3 N–H and O–H groups in total. The van der Waals surface area contributed by atoms with Gasteiger partial charge in [-0.3, -0.25) is 9.79 Å². The van der Waals surface area contributed by atoms with Crippen molar-refractivity contribution in [2.45, 2.75) is 40.5 Å². The maximum absolute atomic E-state index is 12.3. The summed E-state index contributed by atoms with van der Waals surface area (Å²) in [5.41, 5.74) is 5.45. The van der Waals surface area contributed by atoms with Gasteiger partial charge in [0.05, 0.1) is 11.6 Å². The number of hydrogen-bond donors (Lipinski definition) is 2. The Morgan fingerprint density at radius 1 is 1.32 bits per heavy atom. The fourth-order valence-corrected chi connectivity index (χ4v) is 3.93. The maximum atomic E-state index is 12.3. The van der Waals surface area contributed by atoms with E-state index < -0.39 is 22.5 Å². The Kier molecular flexibility index (Phi) is 9.27. The Hall–Kier alpha value is -1.15. The van der Waals surface area contributed by atoms with Gasteiger partial charge in [-0.1, -0.05) is 20.8 Å². The number of carbonyl (C=O) groups is 1. The first-order chi connectivity index (χ1) is 10.0. The lowest BCUT2D eigenvalue weighted by atomic mass is 10.1. The molecule has 0 rings (SSSR count). The largest absolute Gasteiger partial charge is 0.480 e. The summed E-state index contributed by atoms with van der Waals surface area (Å²) in [6.45, 7) is 7.56. The minimum atomic E-state index is -3.55. The van der Waals surface area contributed by atoms with Crippen molar-refractivity contribution in [3.63, 3.8) is 0 Å². The molecule has 0 aromatic rings. The van der Waals surface area contributed by atoms with Crippen molar-refractivity contribution >= 4 is 21.8 Å². The highest BCUT2D eigenvalue weighted by molar-refractivity contribution is 7.89. The number of rotatable bonds is 11. The van der Waals surface area contributed by atoms with Crippen LogP contribution in [0.15, 0.2) is 4.99 Å². The molecule has 0 saturated carbocycles. The number of aliphatic carboxylic acids is 1. The van der Waals surface area contributed by atoms with Gasteiger partial charge in [-0.05, 0) is 31.6 Å². The van der Waals surface area contributed by atoms with Crippen LogP contribution in [0.4, 0.5) is 0 Å². The number of hydrogen-bond acceptors (Lipinski definition) is 4. The third-order valence-corrected chi connectivity index (χ3v) is 5.13. The van der Waals surface area contributed by atoms with E-state index in [2.05, 4.69) is 4.99 Å². The third-order valence-electron chi connectivity index (χ3n) is 2.98. The van der Waals surface area contributed by atoms with Gasteiger partial charge in [-0.25, -0.2) is 8.42 Å². The van der Waals surface area contributed by atoms with Crippen molar-refractivity contribution in [1.29, 1.82) is 0 Å². The van der Waals surface area contributed by atoms with Gasteiger partial charge in [-0.15, -0.1) is 0 Å². The maximum Gasteiger partial charge on any atom is 0.318 e. The first kappa shape index (κ1) is 20.9. The minimum Gasteiger partial charge on any atom is -0.480 e. The Morgan fingerprint density at radius 3 is 2.36 bits per heavy atom. The number of carboxylic acids is 1. The summed E-state index contributed by atoms with van der Waals surface area (Å²) in [5, 5.41) is 8.93. The molecule has 0 unspecified atom stereocenters. The fraction of sp³-hybridized carbons (Fsp3) is 0.857. The van der Waals surface area contributed by atoms with Crippen LogP contribution in [-0.4, -0.2) is 55.0 Å². The molecule has 0 aliphatic heterocycles. The molecule has 22 heavy (non-hydrogen) atoms. The van der Waals surface area contributed by atoms with Crippen LogP contribution < -0.4 is 5.73 Å². The van der Waals surface area contributed by atoms with Crippen molar-refractivity contribution in [2.24, 2.45) is 22.6 Å². The fourth-order valence-electron chi connectivity index (χ4n) is 2.09. The summed E-state index contributed by atoms with van der Waals surface area (Å²) < 4.78 is 25.6. The molecular weight excluding hydrogens is 306 g/mol. The van der Waals surface area contributed by atoms with Crippen molar-refractivity contribution in [2.75, 3.05) is 25.4 Å². The highest BCUT2D eigenvalue weighted by Gasteiger charge is 2.26. The van der Waals surface area contributed by atoms with Crippen LogP contribution in [0.25, 0.3) is 0 Å². The summed E-state index contributed by atoms with van der Waals surface area (Å²) in [4.78, 5) is 15.0. The van der Waals surface area contributed by atoms with E-state index in [1.54, 1.807) is 20.8 Å². The summed E-state index contributed by atoms with van der Waals surface area (Å²) >= 11 is 0. The van der Waals surface area contributed by atoms with Crippen LogP contribution in [0.5, 0.6) is 0 Å². The third kappa shape index (κ3) is 9.73. The molecule has 8 heteroatoms. The molecule has 0 heterocycles. The highest BCUT2D eigenvalue weighted by Crippen LogP contribution is 2.14. The van der Waals surface area contributed by atoms with E-state index in [4.69, 9.17) is 10.8 Å². The summed E-state index contributed by atoms with van der Waals surface area (Å²) in [5.74, 6) is -0.625. The summed E-state index contributed by atoms with van der Waals surface area (Å²) in [6, 6.07) is 0.